The van der Waals surface area contributed by atoms with E-state index in [0.717, 1.165) is 10.4 Å². The van der Waals surface area contributed by atoms with Gasteiger partial charge < -0.3 is 4.74 Å². The van der Waals surface area contributed by atoms with E-state index in [2.05, 4.69) is 11.6 Å². The number of pyridine rings is 1. The summed E-state index contributed by atoms with van der Waals surface area (Å²) in [7, 11) is 1.61. The van der Waals surface area contributed by atoms with E-state index in [1.54, 1.807) is 19.4 Å². The average Bonchev–Trinajstić information content (AvgIpc) is 2.32. The maximum absolute atomic E-state index is 5.13. The third-order valence-electron chi connectivity index (χ3n) is 1.78. The molecule has 0 fully saturated rings. The van der Waals surface area contributed by atoms with Crippen LogP contribution in [0.5, 0.6) is 5.88 Å². The van der Waals surface area contributed by atoms with Gasteiger partial charge in [-0.2, -0.15) is 0 Å². The topological polar surface area (TPSA) is 22.1 Å². The Morgan fingerprint density at radius 2 is 2.07 bits per heavy atom. The number of hydrogen-bond acceptors (Lipinski definition) is 2. The first-order chi connectivity index (χ1) is 7.33. The van der Waals surface area contributed by atoms with Gasteiger partial charge >= 0.3 is 0 Å². The van der Waals surface area contributed by atoms with Gasteiger partial charge in [-0.3, -0.25) is 0 Å². The van der Waals surface area contributed by atoms with Gasteiger partial charge in [-0.05, 0) is 24.3 Å². The van der Waals surface area contributed by atoms with Crippen LogP contribution in [0.2, 0.25) is 0 Å². The second-order valence-electron chi connectivity index (χ2n) is 2.51. The molecule has 0 aliphatic heterocycles. The third kappa shape index (κ3) is 3.58. The van der Waals surface area contributed by atoms with Crippen LogP contribution in [0.4, 0.5) is 0 Å². The SMILES string of the molecule is C=C/C=c1/c(OC)ncc/c1=C/C.CC. The molecule has 0 aliphatic carbocycles. The summed E-state index contributed by atoms with van der Waals surface area (Å²) in [4.78, 5) is 4.10. The molecule has 0 saturated heterocycles. The van der Waals surface area contributed by atoms with Crippen molar-refractivity contribution in [2.24, 2.45) is 0 Å². The minimum atomic E-state index is 0.635. The van der Waals surface area contributed by atoms with Crippen molar-refractivity contribution in [1.82, 2.24) is 4.98 Å². The van der Waals surface area contributed by atoms with Crippen LogP contribution in [0.15, 0.2) is 24.9 Å². The van der Waals surface area contributed by atoms with Gasteiger partial charge in [0.05, 0.1) is 7.11 Å². The monoisotopic (exact) mass is 205 g/mol. The van der Waals surface area contributed by atoms with Gasteiger partial charge in [-0.1, -0.05) is 32.6 Å². The van der Waals surface area contributed by atoms with Crippen LogP contribution in [0.3, 0.4) is 0 Å². The predicted molar refractivity (Wildman–Crippen MR) is 66.2 cm³/mol. The van der Waals surface area contributed by atoms with E-state index in [-0.39, 0.29) is 0 Å². The highest BCUT2D eigenvalue weighted by molar-refractivity contribution is 5.41. The fraction of sp³-hybridized carbons (Fsp3) is 0.308. The molecule has 1 aromatic rings. The lowest BCUT2D eigenvalue weighted by molar-refractivity contribution is 0.393. The van der Waals surface area contributed by atoms with E-state index in [1.807, 2.05) is 39.0 Å². The highest BCUT2D eigenvalue weighted by atomic mass is 16.5. The first-order valence-corrected chi connectivity index (χ1v) is 5.11. The lowest BCUT2D eigenvalue weighted by Gasteiger charge is -1.98. The van der Waals surface area contributed by atoms with Crippen LogP contribution in [0, 0.1) is 0 Å². The normalized spacial score (nSPS) is 11.7. The average molecular weight is 205 g/mol. The summed E-state index contributed by atoms with van der Waals surface area (Å²) in [5.41, 5.74) is 0. The Kier molecular flexibility index (Phi) is 6.98. The number of hydrogen-bond donors (Lipinski definition) is 0. The molecule has 0 saturated carbocycles. The Morgan fingerprint density at radius 1 is 1.40 bits per heavy atom. The Hall–Kier alpha value is -1.57. The first-order valence-electron chi connectivity index (χ1n) is 5.11. The van der Waals surface area contributed by atoms with Crippen LogP contribution in [-0.2, 0) is 0 Å². The molecule has 0 amide bonds. The number of nitrogens with zero attached hydrogens (tertiary/aromatic N) is 1. The molecule has 82 valence electrons. The number of aromatic nitrogens is 1. The van der Waals surface area contributed by atoms with Crippen LogP contribution in [-0.4, -0.2) is 12.1 Å². The van der Waals surface area contributed by atoms with Crippen molar-refractivity contribution in [3.05, 3.63) is 35.4 Å². The Bertz CT molecular complexity index is 407. The Balaban J connectivity index is 0.000000921. The number of ether oxygens (including phenoxy) is 1. The molecule has 0 aliphatic rings. The van der Waals surface area contributed by atoms with Gasteiger partial charge in [0.2, 0.25) is 5.88 Å². The second-order valence-corrected chi connectivity index (χ2v) is 2.51. The molecule has 2 heteroatoms. The molecule has 0 aromatic carbocycles. The van der Waals surface area contributed by atoms with Crippen LogP contribution < -0.4 is 15.2 Å². The van der Waals surface area contributed by atoms with Crippen molar-refractivity contribution >= 4 is 12.2 Å². The summed E-state index contributed by atoms with van der Waals surface area (Å²) in [5, 5.41) is 2.08. The first kappa shape index (κ1) is 13.4. The summed E-state index contributed by atoms with van der Waals surface area (Å²) in [6.45, 7) is 9.64. The summed E-state index contributed by atoms with van der Waals surface area (Å²) in [5.74, 6) is 0.635. The Labute approximate surface area is 91.6 Å². The van der Waals surface area contributed by atoms with Crippen molar-refractivity contribution in [1.29, 1.82) is 0 Å². The molecule has 0 bridgehead atoms. The van der Waals surface area contributed by atoms with Crippen LogP contribution in [0.25, 0.3) is 12.2 Å². The summed E-state index contributed by atoms with van der Waals surface area (Å²) >= 11 is 0. The maximum Gasteiger partial charge on any atom is 0.221 e. The van der Waals surface area contributed by atoms with E-state index >= 15 is 0 Å². The standard InChI is InChI=1S/C11H13NO.C2H6/c1-4-6-10-9(5-2)7-8-12-11(10)13-3;1-2/h4-8H,1H2,2-3H3;1-2H3/b9-5-,10-6+;. The fourth-order valence-electron chi connectivity index (χ4n) is 1.17. The predicted octanol–water partition coefficient (Wildman–Crippen LogP) is 1.88. The minimum absolute atomic E-state index is 0.635. The van der Waals surface area contributed by atoms with Crippen LogP contribution >= 0.6 is 0 Å². The van der Waals surface area contributed by atoms with E-state index in [9.17, 15) is 0 Å². The molecule has 15 heavy (non-hydrogen) atoms. The van der Waals surface area contributed by atoms with Crippen molar-refractivity contribution in [3.63, 3.8) is 0 Å². The van der Waals surface area contributed by atoms with E-state index < -0.39 is 0 Å². The molecular formula is C13H19NO. The van der Waals surface area contributed by atoms with E-state index in [4.69, 9.17) is 4.74 Å². The molecule has 0 atom stereocenters. The molecule has 1 aromatic heterocycles. The number of allylic oxidation sites excluding steroid dienone is 1. The molecule has 0 N–H and O–H groups in total. The summed E-state index contributed by atoms with van der Waals surface area (Å²) in [6, 6.07) is 1.94. The lowest BCUT2D eigenvalue weighted by atomic mass is 10.2. The van der Waals surface area contributed by atoms with Crippen molar-refractivity contribution in [3.8, 4) is 5.88 Å². The quantitative estimate of drug-likeness (QED) is 0.735. The van der Waals surface area contributed by atoms with Gasteiger partial charge in [0.1, 0.15) is 0 Å². The smallest absolute Gasteiger partial charge is 0.221 e. The largest absolute Gasteiger partial charge is 0.481 e. The molecule has 2 nitrogen and oxygen atoms in total. The summed E-state index contributed by atoms with van der Waals surface area (Å²) < 4.78 is 5.13. The van der Waals surface area contributed by atoms with Gasteiger partial charge in [0, 0.05) is 11.4 Å². The van der Waals surface area contributed by atoms with E-state index in [1.165, 1.54) is 0 Å². The molecular weight excluding hydrogens is 186 g/mol. The third-order valence-corrected chi connectivity index (χ3v) is 1.78. The van der Waals surface area contributed by atoms with Gasteiger partial charge in [-0.25, -0.2) is 4.98 Å². The maximum atomic E-state index is 5.13. The van der Waals surface area contributed by atoms with Crippen molar-refractivity contribution in [2.45, 2.75) is 20.8 Å². The fourth-order valence-corrected chi connectivity index (χ4v) is 1.17. The zero-order valence-electron chi connectivity index (χ0n) is 9.95. The van der Waals surface area contributed by atoms with Crippen molar-refractivity contribution < 1.29 is 4.74 Å². The van der Waals surface area contributed by atoms with Crippen LogP contribution in [0.1, 0.15) is 20.8 Å². The zero-order chi connectivity index (χ0) is 11.7. The van der Waals surface area contributed by atoms with Gasteiger partial charge in [0.25, 0.3) is 0 Å². The Morgan fingerprint density at radius 3 is 2.53 bits per heavy atom. The molecule has 0 radical (unpaired) electrons. The lowest BCUT2D eigenvalue weighted by Crippen LogP contribution is -2.26. The second kappa shape index (κ2) is 7.80. The van der Waals surface area contributed by atoms with E-state index in [0.29, 0.717) is 5.88 Å². The number of methoxy groups -OCH3 is 1. The summed E-state index contributed by atoms with van der Waals surface area (Å²) in [6.07, 6.45) is 7.36. The highest BCUT2D eigenvalue weighted by Crippen LogP contribution is 1.90. The molecule has 0 unspecified atom stereocenters. The highest BCUT2D eigenvalue weighted by Gasteiger charge is 1.94. The molecule has 0 spiro atoms. The van der Waals surface area contributed by atoms with Crippen molar-refractivity contribution in [2.75, 3.05) is 7.11 Å². The van der Waals surface area contributed by atoms with Gasteiger partial charge in [-0.15, -0.1) is 0 Å². The minimum Gasteiger partial charge on any atom is -0.481 e. The van der Waals surface area contributed by atoms with Gasteiger partial charge in [0.15, 0.2) is 0 Å². The molecule has 1 heterocycles. The zero-order valence-corrected chi connectivity index (χ0v) is 9.95. The number of rotatable bonds is 2. The molecule has 1 rings (SSSR count).